The minimum Gasteiger partial charge on any atom is -0.496 e. The van der Waals surface area contributed by atoms with Crippen LogP contribution in [0.4, 0.5) is 0 Å². The van der Waals surface area contributed by atoms with Gasteiger partial charge in [-0.1, -0.05) is 11.6 Å². The van der Waals surface area contributed by atoms with Gasteiger partial charge in [0.1, 0.15) is 5.75 Å². The lowest BCUT2D eigenvalue weighted by molar-refractivity contribution is 0.416. The van der Waals surface area contributed by atoms with Crippen LogP contribution in [-0.4, -0.2) is 16.9 Å². The monoisotopic (exact) mass is 265 g/mol. The fourth-order valence-electron chi connectivity index (χ4n) is 1.94. The molecular formula is C13H16ClN3O. The molecule has 0 atom stereocenters. The van der Waals surface area contributed by atoms with Crippen LogP contribution >= 0.6 is 11.6 Å². The van der Waals surface area contributed by atoms with Crippen molar-refractivity contribution in [3.05, 3.63) is 34.6 Å². The maximum Gasteiger partial charge on any atom is 0.127 e. The van der Waals surface area contributed by atoms with E-state index in [9.17, 15) is 0 Å². The van der Waals surface area contributed by atoms with Gasteiger partial charge in [0.15, 0.2) is 0 Å². The number of halogens is 1. The lowest BCUT2D eigenvalue weighted by Gasteiger charge is -2.10. The molecule has 1 aromatic carbocycles. The summed E-state index contributed by atoms with van der Waals surface area (Å²) in [5.41, 5.74) is 9.40. The highest BCUT2D eigenvalue weighted by Crippen LogP contribution is 2.35. The molecule has 0 unspecified atom stereocenters. The highest BCUT2D eigenvalue weighted by molar-refractivity contribution is 6.31. The zero-order chi connectivity index (χ0) is 13.3. The van der Waals surface area contributed by atoms with E-state index in [-0.39, 0.29) is 0 Å². The van der Waals surface area contributed by atoms with Gasteiger partial charge in [-0.2, -0.15) is 5.10 Å². The van der Waals surface area contributed by atoms with E-state index in [1.807, 2.05) is 32.3 Å². The third kappa shape index (κ3) is 2.21. The summed E-state index contributed by atoms with van der Waals surface area (Å²) in [6.45, 7) is 2.33. The minimum atomic E-state index is 0.380. The number of ether oxygens (including phenoxy) is 1. The van der Waals surface area contributed by atoms with Gasteiger partial charge in [-0.3, -0.25) is 4.68 Å². The van der Waals surface area contributed by atoms with Crippen molar-refractivity contribution in [3.8, 4) is 16.9 Å². The number of hydrogen-bond donors (Lipinski definition) is 1. The quantitative estimate of drug-likeness (QED) is 0.928. The Morgan fingerprint density at radius 2 is 2.11 bits per heavy atom. The predicted octanol–water partition coefficient (Wildman–Crippen LogP) is 2.52. The summed E-state index contributed by atoms with van der Waals surface area (Å²) in [7, 11) is 3.51. The van der Waals surface area contributed by atoms with E-state index in [1.54, 1.807) is 11.8 Å². The molecule has 0 saturated heterocycles. The van der Waals surface area contributed by atoms with Gasteiger partial charge in [-0.05, 0) is 24.6 Å². The van der Waals surface area contributed by atoms with Crippen molar-refractivity contribution in [2.24, 2.45) is 12.8 Å². The molecule has 0 aliphatic rings. The maximum absolute atomic E-state index is 6.18. The molecule has 0 aliphatic heterocycles. The van der Waals surface area contributed by atoms with Crippen LogP contribution < -0.4 is 10.5 Å². The Labute approximate surface area is 111 Å². The van der Waals surface area contributed by atoms with Crippen molar-refractivity contribution >= 4 is 11.6 Å². The van der Waals surface area contributed by atoms with Gasteiger partial charge < -0.3 is 10.5 Å². The molecule has 0 amide bonds. The number of aromatic nitrogens is 2. The normalized spacial score (nSPS) is 10.7. The number of nitrogens with zero attached hydrogens (tertiary/aromatic N) is 2. The van der Waals surface area contributed by atoms with Crippen molar-refractivity contribution in [2.45, 2.75) is 13.5 Å². The molecule has 0 saturated carbocycles. The summed E-state index contributed by atoms with van der Waals surface area (Å²) in [5.74, 6) is 0.777. The van der Waals surface area contributed by atoms with E-state index in [0.717, 1.165) is 28.1 Å². The Morgan fingerprint density at radius 3 is 2.72 bits per heavy atom. The fourth-order valence-corrected chi connectivity index (χ4v) is 2.11. The number of hydrogen-bond acceptors (Lipinski definition) is 3. The fraction of sp³-hybridized carbons (Fsp3) is 0.308. The van der Waals surface area contributed by atoms with Gasteiger partial charge in [0, 0.05) is 35.9 Å². The van der Waals surface area contributed by atoms with Crippen LogP contribution in [0, 0.1) is 6.92 Å². The first-order valence-electron chi connectivity index (χ1n) is 5.64. The molecular weight excluding hydrogens is 250 g/mol. The Bertz CT molecular complexity index is 578. The van der Waals surface area contributed by atoms with Gasteiger partial charge >= 0.3 is 0 Å². The zero-order valence-corrected chi connectivity index (χ0v) is 11.5. The smallest absolute Gasteiger partial charge is 0.127 e. The van der Waals surface area contributed by atoms with Crippen molar-refractivity contribution in [2.75, 3.05) is 7.11 Å². The SMILES string of the molecule is COc1cc(C)c(Cl)cc1-c1cn(C)nc1CN. The van der Waals surface area contributed by atoms with Gasteiger partial charge in [-0.25, -0.2) is 0 Å². The second kappa shape index (κ2) is 5.00. The molecule has 0 radical (unpaired) electrons. The molecule has 96 valence electrons. The summed E-state index contributed by atoms with van der Waals surface area (Å²) in [4.78, 5) is 0. The largest absolute Gasteiger partial charge is 0.496 e. The third-order valence-corrected chi connectivity index (χ3v) is 3.28. The predicted molar refractivity (Wildman–Crippen MR) is 72.8 cm³/mol. The van der Waals surface area contributed by atoms with E-state index in [2.05, 4.69) is 5.10 Å². The maximum atomic E-state index is 6.18. The highest BCUT2D eigenvalue weighted by atomic mass is 35.5. The summed E-state index contributed by atoms with van der Waals surface area (Å²) in [5, 5.41) is 5.03. The molecule has 0 spiro atoms. The van der Waals surface area contributed by atoms with Gasteiger partial charge in [0.25, 0.3) is 0 Å². The zero-order valence-electron chi connectivity index (χ0n) is 10.7. The minimum absolute atomic E-state index is 0.380. The Kier molecular flexibility index (Phi) is 3.59. The van der Waals surface area contributed by atoms with Crippen LogP contribution in [0.3, 0.4) is 0 Å². The molecule has 4 nitrogen and oxygen atoms in total. The topological polar surface area (TPSA) is 53.1 Å². The summed E-state index contributed by atoms with van der Waals surface area (Å²) < 4.78 is 7.15. The standard InChI is InChI=1S/C13H16ClN3O/c1-8-4-13(18-3)9(5-11(8)14)10-7-17(2)16-12(10)6-15/h4-5,7H,6,15H2,1-3H3. The molecule has 1 aromatic heterocycles. The van der Waals surface area contributed by atoms with Crippen LogP contribution in [0.25, 0.3) is 11.1 Å². The lowest BCUT2D eigenvalue weighted by atomic mass is 10.0. The van der Waals surface area contributed by atoms with Gasteiger partial charge in [0.2, 0.25) is 0 Å². The molecule has 5 heteroatoms. The van der Waals surface area contributed by atoms with Crippen LogP contribution in [0.5, 0.6) is 5.75 Å². The molecule has 18 heavy (non-hydrogen) atoms. The average Bonchev–Trinajstić information content (AvgIpc) is 2.73. The Hall–Kier alpha value is -1.52. The van der Waals surface area contributed by atoms with Gasteiger partial charge in [0.05, 0.1) is 12.8 Å². The molecule has 0 bridgehead atoms. The van der Waals surface area contributed by atoms with E-state index in [1.165, 1.54) is 0 Å². The van der Waals surface area contributed by atoms with Crippen molar-refractivity contribution in [1.82, 2.24) is 9.78 Å². The van der Waals surface area contributed by atoms with Gasteiger partial charge in [-0.15, -0.1) is 0 Å². The second-order valence-electron chi connectivity index (χ2n) is 4.17. The number of benzene rings is 1. The van der Waals surface area contributed by atoms with Crippen LogP contribution in [0.15, 0.2) is 18.3 Å². The average molecular weight is 266 g/mol. The van der Waals surface area contributed by atoms with Crippen molar-refractivity contribution < 1.29 is 4.74 Å². The number of aryl methyl sites for hydroxylation is 2. The van der Waals surface area contributed by atoms with Crippen LogP contribution in [0.1, 0.15) is 11.3 Å². The highest BCUT2D eigenvalue weighted by Gasteiger charge is 2.15. The molecule has 1 heterocycles. The van der Waals surface area contributed by atoms with Crippen LogP contribution in [0.2, 0.25) is 5.02 Å². The van der Waals surface area contributed by atoms with E-state index in [0.29, 0.717) is 11.6 Å². The molecule has 2 aromatic rings. The summed E-state index contributed by atoms with van der Waals surface area (Å²) in [6.07, 6.45) is 1.92. The first-order valence-corrected chi connectivity index (χ1v) is 6.01. The molecule has 2 rings (SSSR count). The second-order valence-corrected chi connectivity index (χ2v) is 4.58. The summed E-state index contributed by atoms with van der Waals surface area (Å²) in [6, 6.07) is 3.82. The van der Waals surface area contributed by atoms with Crippen molar-refractivity contribution in [3.63, 3.8) is 0 Å². The molecule has 0 fully saturated rings. The molecule has 0 aliphatic carbocycles. The van der Waals surface area contributed by atoms with E-state index < -0.39 is 0 Å². The van der Waals surface area contributed by atoms with Crippen molar-refractivity contribution in [1.29, 1.82) is 0 Å². The Morgan fingerprint density at radius 1 is 1.39 bits per heavy atom. The Balaban J connectivity index is 2.65. The number of methoxy groups -OCH3 is 1. The molecule has 2 N–H and O–H groups in total. The first kappa shape index (κ1) is 12.9. The number of rotatable bonds is 3. The lowest BCUT2D eigenvalue weighted by Crippen LogP contribution is -2.00. The third-order valence-electron chi connectivity index (χ3n) is 2.87. The van der Waals surface area contributed by atoms with Crippen LogP contribution in [-0.2, 0) is 13.6 Å². The van der Waals surface area contributed by atoms with E-state index in [4.69, 9.17) is 22.1 Å². The summed E-state index contributed by atoms with van der Waals surface area (Å²) >= 11 is 6.18. The van der Waals surface area contributed by atoms with E-state index >= 15 is 0 Å². The number of nitrogens with two attached hydrogens (primary N) is 1. The first-order chi connectivity index (χ1) is 8.56.